The van der Waals surface area contributed by atoms with Gasteiger partial charge >= 0.3 is 0 Å². The van der Waals surface area contributed by atoms with Gasteiger partial charge in [0.25, 0.3) is 11.8 Å². The lowest BCUT2D eigenvalue weighted by Gasteiger charge is -2.42. The first-order valence-corrected chi connectivity index (χ1v) is 20.6. The summed E-state index contributed by atoms with van der Waals surface area (Å²) in [6, 6.07) is 7.39. The lowest BCUT2D eigenvalue weighted by molar-refractivity contribution is -0.912. The highest BCUT2D eigenvalue weighted by atomic mass is 35.5. The maximum absolute atomic E-state index is 15.6. The van der Waals surface area contributed by atoms with Crippen molar-refractivity contribution in [1.29, 1.82) is 0 Å². The summed E-state index contributed by atoms with van der Waals surface area (Å²) < 4.78 is 62.6. The molecule has 2 fully saturated rings. The summed E-state index contributed by atoms with van der Waals surface area (Å²) in [5, 5.41) is 12.3. The van der Waals surface area contributed by atoms with E-state index in [-0.39, 0.29) is 62.4 Å². The van der Waals surface area contributed by atoms with E-state index in [4.69, 9.17) is 21.5 Å². The number of quaternary nitrogens is 1. The highest BCUT2D eigenvalue weighted by molar-refractivity contribution is 7.89. The maximum Gasteiger partial charge on any atom is 0.291 e. The normalized spacial score (nSPS) is 18.8. The zero-order chi connectivity index (χ0) is 41.2. The number of piperazine rings is 1. The van der Waals surface area contributed by atoms with Crippen molar-refractivity contribution in [3.05, 3.63) is 76.5 Å². The summed E-state index contributed by atoms with van der Waals surface area (Å²) in [6.07, 6.45) is 4.06. The lowest BCUT2D eigenvalue weighted by atomic mass is 9.93. The zero-order valence-corrected chi connectivity index (χ0v) is 33.9. The van der Waals surface area contributed by atoms with Gasteiger partial charge in [-0.15, -0.1) is 0 Å². The number of likely N-dealkylation sites (tertiary alicyclic amines) is 1. The number of hydrogen-bond donors (Lipinski definition) is 2. The topological polar surface area (TPSA) is 175 Å². The smallest absolute Gasteiger partial charge is 0.291 e. The molecule has 2 saturated heterocycles. The average molecular weight is 831 g/mol. The van der Waals surface area contributed by atoms with Crippen LogP contribution < -0.4 is 10.5 Å². The molecule has 0 atom stereocenters. The first-order valence-electron chi connectivity index (χ1n) is 18.5. The predicted octanol–water partition coefficient (Wildman–Crippen LogP) is 3.52. The minimum Gasteiger partial charge on any atom is -0.383 e. The van der Waals surface area contributed by atoms with Crippen LogP contribution in [0.25, 0.3) is 22.4 Å². The summed E-state index contributed by atoms with van der Waals surface area (Å²) in [5.41, 5.74) is 1.77. The third-order valence-electron chi connectivity index (χ3n) is 11.1. The monoisotopic (exact) mass is 830 g/mol. The van der Waals surface area contributed by atoms with Crippen LogP contribution in [0.2, 0.25) is 5.02 Å². The Kier molecular flexibility index (Phi) is 12.5. The number of primary sulfonamides is 1. The van der Waals surface area contributed by atoms with Crippen molar-refractivity contribution in [2.45, 2.75) is 26.3 Å². The molecule has 0 unspecified atom stereocenters. The molecule has 2 aromatic heterocycles. The second-order valence-electron chi connectivity index (χ2n) is 14.9. The summed E-state index contributed by atoms with van der Waals surface area (Å²) >= 11 is 6.55. The molecule has 0 bridgehead atoms. The molecule has 2 aliphatic heterocycles. The highest BCUT2D eigenvalue weighted by Gasteiger charge is 2.37. The van der Waals surface area contributed by atoms with Gasteiger partial charge in [0.05, 0.1) is 68.5 Å². The molecule has 4 aromatic rings. The quantitative estimate of drug-likeness (QED) is 0.204. The Balaban J connectivity index is 1.04. The van der Waals surface area contributed by atoms with E-state index in [1.807, 2.05) is 7.05 Å². The number of nitrogens with zero attached hydrogens (tertiary/aromatic N) is 7. The number of methoxy groups -OCH3 is 1. The fourth-order valence-electron chi connectivity index (χ4n) is 7.46. The largest absolute Gasteiger partial charge is 0.383 e. The number of rotatable bonds is 12. The fraction of sp³-hybridized carbons (Fsp3) is 0.447. The molecule has 6 rings (SSSR count). The molecule has 3 amide bonds. The van der Waals surface area contributed by atoms with E-state index in [9.17, 15) is 22.8 Å². The van der Waals surface area contributed by atoms with Crippen molar-refractivity contribution < 1.29 is 40.8 Å². The second kappa shape index (κ2) is 17.0. The summed E-state index contributed by atoms with van der Waals surface area (Å²) in [6.45, 7) is 5.80. The van der Waals surface area contributed by atoms with Gasteiger partial charge in [-0.2, -0.15) is 5.10 Å². The van der Waals surface area contributed by atoms with Gasteiger partial charge in [0, 0.05) is 87.2 Å². The van der Waals surface area contributed by atoms with Crippen molar-refractivity contribution in [2.24, 2.45) is 18.1 Å². The van der Waals surface area contributed by atoms with E-state index in [2.05, 4.69) is 15.4 Å². The Morgan fingerprint density at radius 2 is 1.65 bits per heavy atom. The van der Waals surface area contributed by atoms with Gasteiger partial charge in [-0.05, 0) is 31.2 Å². The minimum absolute atomic E-state index is 0.0430. The van der Waals surface area contributed by atoms with Gasteiger partial charge < -0.3 is 28.9 Å². The number of piperidine rings is 1. The molecule has 15 nitrogen and oxygen atoms in total. The van der Waals surface area contributed by atoms with Crippen molar-refractivity contribution in [3.8, 4) is 22.4 Å². The van der Waals surface area contributed by atoms with Gasteiger partial charge in [0.1, 0.15) is 5.75 Å². The molecular weight excluding hydrogens is 784 g/mol. The van der Waals surface area contributed by atoms with Crippen LogP contribution in [0, 0.1) is 24.5 Å². The van der Waals surface area contributed by atoms with E-state index in [0.29, 0.717) is 87.5 Å². The first-order chi connectivity index (χ1) is 27.0. The molecule has 0 radical (unpaired) electrons. The van der Waals surface area contributed by atoms with Crippen molar-refractivity contribution >= 4 is 45.0 Å². The number of benzene rings is 2. The molecule has 4 heterocycles. The van der Waals surface area contributed by atoms with Crippen LogP contribution in [0.5, 0.6) is 0 Å². The fourth-order valence-corrected chi connectivity index (χ4v) is 8.42. The van der Waals surface area contributed by atoms with Crippen molar-refractivity contribution in [3.63, 3.8) is 0 Å². The lowest BCUT2D eigenvalue weighted by Crippen LogP contribution is -2.56. The molecule has 2 aromatic carbocycles. The number of amides is 3. The first kappa shape index (κ1) is 41.9. The van der Waals surface area contributed by atoms with E-state index in [1.54, 1.807) is 28.5 Å². The average Bonchev–Trinajstić information content (AvgIpc) is 3.75. The molecule has 3 N–H and O–H groups in total. The van der Waals surface area contributed by atoms with E-state index < -0.39 is 27.6 Å². The standard InChI is InChI=1S/C38H46ClF2N9O6S/c1-24-30(22-44-49(24)15-19-56-4)27-7-8-29(34(41)33(27)40)32-23-43-35(46(32)2)36(51)45-26-5-6-28(31(39)21-26)38(53)48-13-11-47(12-14-48)37(52)25-9-16-50(3,17-10-25)18-20-57(42,54)55/h5-8,21-23,25H,9-20H2,1-4H3,(H2-,42,45,51,53,54,55)/p+1. The third-order valence-corrected chi connectivity index (χ3v) is 12.2. The van der Waals surface area contributed by atoms with E-state index >= 15 is 8.78 Å². The Hall–Kier alpha value is -4.75. The van der Waals surface area contributed by atoms with Gasteiger partial charge in [-0.25, -0.2) is 27.3 Å². The van der Waals surface area contributed by atoms with Crippen LogP contribution >= 0.6 is 11.6 Å². The van der Waals surface area contributed by atoms with Crippen molar-refractivity contribution in [2.75, 3.05) is 77.6 Å². The van der Waals surface area contributed by atoms with E-state index in [0.717, 1.165) is 0 Å². The van der Waals surface area contributed by atoms with Gasteiger partial charge in [0.2, 0.25) is 15.9 Å². The Labute approximate surface area is 335 Å². The van der Waals surface area contributed by atoms with Gasteiger partial charge in [0.15, 0.2) is 17.5 Å². The van der Waals surface area contributed by atoms with Gasteiger partial charge in [-0.1, -0.05) is 17.7 Å². The Bertz CT molecular complexity index is 2280. The van der Waals surface area contributed by atoms with Crippen molar-refractivity contribution in [1.82, 2.24) is 29.1 Å². The number of carbonyl (C=O) groups is 3. The van der Waals surface area contributed by atoms with Crippen LogP contribution in [0.4, 0.5) is 14.5 Å². The Morgan fingerprint density at radius 1 is 1.00 bits per heavy atom. The van der Waals surface area contributed by atoms with Crippen LogP contribution in [-0.2, 0) is 33.1 Å². The predicted molar refractivity (Wildman–Crippen MR) is 210 cm³/mol. The highest BCUT2D eigenvalue weighted by Crippen LogP contribution is 2.33. The number of ether oxygens (including phenoxy) is 1. The molecule has 0 aliphatic carbocycles. The molecule has 0 saturated carbocycles. The zero-order valence-electron chi connectivity index (χ0n) is 32.3. The summed E-state index contributed by atoms with van der Waals surface area (Å²) in [5.74, 6) is -3.38. The molecule has 306 valence electrons. The van der Waals surface area contributed by atoms with Crippen LogP contribution in [0.15, 0.2) is 42.7 Å². The molecule has 2 aliphatic rings. The molecular formula is C38H47ClF2N9O6S+. The van der Waals surface area contributed by atoms with Crippen LogP contribution in [-0.4, -0.2) is 132 Å². The summed E-state index contributed by atoms with van der Waals surface area (Å²) in [4.78, 5) is 47.7. The van der Waals surface area contributed by atoms with E-state index in [1.165, 1.54) is 54.3 Å². The molecule has 0 spiro atoms. The number of hydrogen-bond acceptors (Lipinski definition) is 8. The number of carbonyl (C=O) groups excluding carboxylic acids is 3. The second-order valence-corrected chi connectivity index (χ2v) is 17.0. The Morgan fingerprint density at radius 3 is 2.30 bits per heavy atom. The SMILES string of the molecule is COCCn1ncc(-c2ccc(-c3cnc(C(=O)Nc4ccc(C(=O)N5CCN(C(=O)C6CC[N+](C)(CCS(N)(=O)=O)CC6)CC5)c(Cl)c4)n3C)c(F)c2F)c1C. The molecule has 19 heteroatoms. The van der Waals surface area contributed by atoms with Gasteiger partial charge in [-0.3, -0.25) is 19.1 Å². The number of aromatic nitrogens is 4. The number of anilines is 1. The summed E-state index contributed by atoms with van der Waals surface area (Å²) in [7, 11) is 1.51. The maximum atomic E-state index is 15.6. The number of sulfonamides is 1. The van der Waals surface area contributed by atoms with Crippen LogP contribution in [0.3, 0.4) is 0 Å². The number of halogens is 3. The minimum atomic E-state index is -3.55. The number of nitrogens with one attached hydrogen (secondary N) is 1. The third kappa shape index (κ3) is 9.20. The molecule has 57 heavy (non-hydrogen) atoms. The van der Waals surface area contributed by atoms with Crippen LogP contribution in [0.1, 0.15) is 39.5 Å². The number of imidazole rings is 1. The number of nitrogens with two attached hydrogens (primary N) is 1.